The first-order valence-electron chi connectivity index (χ1n) is 13.0. The lowest BCUT2D eigenvalue weighted by molar-refractivity contribution is 0.0627. The van der Waals surface area contributed by atoms with Crippen LogP contribution in [-0.2, 0) is 16.8 Å². The molecule has 6 nitrogen and oxygen atoms in total. The number of ether oxygens (including phenoxy) is 2. The summed E-state index contributed by atoms with van der Waals surface area (Å²) in [5.41, 5.74) is 2.65. The lowest BCUT2D eigenvalue weighted by Gasteiger charge is -2.46. The number of rotatable bonds is 9. The van der Waals surface area contributed by atoms with Gasteiger partial charge in [-0.25, -0.2) is 0 Å². The molecular weight excluding hydrogens is 450 g/mol. The maximum atomic E-state index is 10.2. The molecule has 0 bridgehead atoms. The van der Waals surface area contributed by atoms with Gasteiger partial charge in [0.25, 0.3) is 0 Å². The molecule has 1 atom stereocenters. The molecule has 2 aliphatic rings. The van der Waals surface area contributed by atoms with Gasteiger partial charge in [-0.15, -0.1) is 0 Å². The SMILES string of the molecule is CCN(CC)CCOCCN1c2cccc(CO)c2C(C)(C)C12C=Nc1c(ccc3ccccc13)O2. The molecule has 0 saturated carbocycles. The number of aliphatic hydroxyl groups excluding tert-OH is 1. The molecule has 0 saturated heterocycles. The highest BCUT2D eigenvalue weighted by Gasteiger charge is 2.60. The van der Waals surface area contributed by atoms with Gasteiger partial charge in [-0.3, -0.25) is 4.99 Å². The van der Waals surface area contributed by atoms with Crippen molar-refractivity contribution in [3.8, 4) is 5.75 Å². The van der Waals surface area contributed by atoms with Crippen LogP contribution in [0, 0.1) is 0 Å². The molecule has 1 unspecified atom stereocenters. The molecule has 2 aliphatic heterocycles. The lowest BCUT2D eigenvalue weighted by Crippen LogP contribution is -2.63. The largest absolute Gasteiger partial charge is 0.459 e. The zero-order valence-electron chi connectivity index (χ0n) is 21.8. The average Bonchev–Trinajstić information content (AvgIpc) is 3.08. The highest BCUT2D eigenvalue weighted by molar-refractivity contribution is 5.99. The minimum absolute atomic E-state index is 0.0186. The highest BCUT2D eigenvalue weighted by atomic mass is 16.5. The van der Waals surface area contributed by atoms with Gasteiger partial charge in [-0.2, -0.15) is 0 Å². The minimum atomic E-state index is -0.835. The Labute approximate surface area is 214 Å². The van der Waals surface area contributed by atoms with Crippen molar-refractivity contribution in [2.45, 2.75) is 45.4 Å². The van der Waals surface area contributed by atoms with E-state index in [1.807, 2.05) is 36.5 Å². The quantitative estimate of drug-likeness (QED) is 0.416. The average molecular weight is 488 g/mol. The van der Waals surface area contributed by atoms with Crippen LogP contribution in [0.1, 0.15) is 38.8 Å². The Morgan fingerprint density at radius 2 is 1.81 bits per heavy atom. The molecule has 0 aromatic heterocycles. The summed E-state index contributed by atoms with van der Waals surface area (Å²) >= 11 is 0. The van der Waals surface area contributed by atoms with Gasteiger partial charge in [0.15, 0.2) is 0 Å². The number of benzene rings is 3. The van der Waals surface area contributed by atoms with E-state index in [9.17, 15) is 5.11 Å². The maximum Gasteiger partial charge on any atom is 0.229 e. The van der Waals surface area contributed by atoms with Gasteiger partial charge in [-0.1, -0.05) is 56.3 Å². The first-order valence-corrected chi connectivity index (χ1v) is 13.0. The summed E-state index contributed by atoms with van der Waals surface area (Å²) in [6, 6.07) is 18.5. The van der Waals surface area contributed by atoms with Gasteiger partial charge in [-0.05, 0) is 55.6 Å². The number of hydrogen-bond donors (Lipinski definition) is 1. The van der Waals surface area contributed by atoms with E-state index < -0.39 is 11.1 Å². The highest BCUT2D eigenvalue weighted by Crippen LogP contribution is 2.55. The number of aliphatic hydroxyl groups is 1. The van der Waals surface area contributed by atoms with Crippen molar-refractivity contribution in [3.05, 3.63) is 65.7 Å². The van der Waals surface area contributed by atoms with Crippen molar-refractivity contribution >= 4 is 28.4 Å². The third-order valence-electron chi connectivity index (χ3n) is 7.91. The Balaban J connectivity index is 1.50. The summed E-state index contributed by atoms with van der Waals surface area (Å²) in [5, 5.41) is 12.4. The van der Waals surface area contributed by atoms with Crippen molar-refractivity contribution in [2.75, 3.05) is 44.3 Å². The second kappa shape index (κ2) is 9.85. The number of likely N-dealkylation sites (N-methyl/N-ethyl adjacent to an activating group) is 1. The molecule has 0 aliphatic carbocycles. The van der Waals surface area contributed by atoms with Crippen LogP contribution in [0.4, 0.5) is 11.4 Å². The Bertz CT molecular complexity index is 1270. The van der Waals surface area contributed by atoms with Crippen molar-refractivity contribution in [1.29, 1.82) is 0 Å². The van der Waals surface area contributed by atoms with Crippen LogP contribution >= 0.6 is 0 Å². The fourth-order valence-corrected chi connectivity index (χ4v) is 5.85. The van der Waals surface area contributed by atoms with E-state index in [0.29, 0.717) is 19.8 Å². The van der Waals surface area contributed by atoms with E-state index in [1.54, 1.807) is 0 Å². The number of aliphatic imine (C=N–C) groups is 1. The van der Waals surface area contributed by atoms with E-state index in [4.69, 9.17) is 14.5 Å². The van der Waals surface area contributed by atoms with Crippen LogP contribution in [0.5, 0.6) is 5.75 Å². The van der Waals surface area contributed by atoms with Gasteiger partial charge in [0.05, 0.1) is 31.5 Å². The topological polar surface area (TPSA) is 57.5 Å². The summed E-state index contributed by atoms with van der Waals surface area (Å²) < 4.78 is 13.1. The smallest absolute Gasteiger partial charge is 0.229 e. The molecule has 190 valence electrons. The fraction of sp³-hybridized carbons (Fsp3) is 0.433. The Morgan fingerprint density at radius 3 is 2.58 bits per heavy atom. The number of anilines is 1. The molecule has 0 radical (unpaired) electrons. The van der Waals surface area contributed by atoms with Crippen molar-refractivity contribution < 1.29 is 14.6 Å². The Morgan fingerprint density at radius 1 is 1.00 bits per heavy atom. The summed E-state index contributed by atoms with van der Waals surface area (Å²) in [6.45, 7) is 13.6. The van der Waals surface area contributed by atoms with Crippen molar-refractivity contribution in [3.63, 3.8) is 0 Å². The molecule has 36 heavy (non-hydrogen) atoms. The van der Waals surface area contributed by atoms with Crippen LogP contribution in [0.15, 0.2) is 59.6 Å². The zero-order valence-corrected chi connectivity index (χ0v) is 21.8. The Kier molecular flexibility index (Phi) is 6.77. The van der Waals surface area contributed by atoms with Gasteiger partial charge < -0.3 is 24.4 Å². The monoisotopic (exact) mass is 487 g/mol. The normalized spacial score (nSPS) is 19.7. The van der Waals surface area contributed by atoms with E-state index in [2.05, 4.69) is 61.8 Å². The molecule has 1 spiro atoms. The molecule has 5 rings (SSSR count). The summed E-state index contributed by atoms with van der Waals surface area (Å²) in [5.74, 6) is 0.773. The van der Waals surface area contributed by atoms with Gasteiger partial charge in [0, 0.05) is 24.2 Å². The lowest BCUT2D eigenvalue weighted by atomic mass is 9.75. The molecule has 0 amide bonds. The van der Waals surface area contributed by atoms with Crippen molar-refractivity contribution in [2.24, 2.45) is 4.99 Å². The zero-order chi connectivity index (χ0) is 25.3. The minimum Gasteiger partial charge on any atom is -0.459 e. The van der Waals surface area contributed by atoms with Gasteiger partial charge in [0.2, 0.25) is 5.72 Å². The summed E-state index contributed by atoms with van der Waals surface area (Å²) in [7, 11) is 0. The van der Waals surface area contributed by atoms with E-state index >= 15 is 0 Å². The van der Waals surface area contributed by atoms with E-state index in [0.717, 1.165) is 58.7 Å². The maximum absolute atomic E-state index is 10.2. The molecular formula is C30H37N3O3. The van der Waals surface area contributed by atoms with Crippen LogP contribution < -0.4 is 9.64 Å². The molecule has 1 N–H and O–H groups in total. The predicted molar refractivity (Wildman–Crippen MR) is 147 cm³/mol. The van der Waals surface area contributed by atoms with Crippen LogP contribution in [0.2, 0.25) is 0 Å². The second-order valence-electron chi connectivity index (χ2n) is 10.1. The third kappa shape index (κ3) is 3.88. The van der Waals surface area contributed by atoms with Gasteiger partial charge in [0.1, 0.15) is 11.4 Å². The van der Waals surface area contributed by atoms with E-state index in [-0.39, 0.29) is 6.61 Å². The van der Waals surface area contributed by atoms with E-state index in [1.165, 1.54) is 0 Å². The molecule has 6 heteroatoms. The van der Waals surface area contributed by atoms with Crippen LogP contribution in [0.3, 0.4) is 0 Å². The third-order valence-corrected chi connectivity index (χ3v) is 7.91. The van der Waals surface area contributed by atoms with Gasteiger partial charge >= 0.3 is 0 Å². The summed E-state index contributed by atoms with van der Waals surface area (Å²) in [6.07, 6.45) is 1.97. The van der Waals surface area contributed by atoms with Crippen molar-refractivity contribution in [1.82, 2.24) is 4.90 Å². The molecule has 2 heterocycles. The first kappa shape index (κ1) is 24.8. The first-order chi connectivity index (χ1) is 17.5. The standard InChI is InChI=1S/C30H37N3O3/c1-5-32(6-2)16-18-35-19-17-33-25-13-9-11-23(20-34)27(25)29(3,4)30(33)21-31-28-24-12-8-7-10-22(24)14-15-26(28)36-30/h7-15,21,34H,5-6,16-20H2,1-4H3. The summed E-state index contributed by atoms with van der Waals surface area (Å²) in [4.78, 5) is 9.67. The Hall–Kier alpha value is -2.93. The predicted octanol–water partition coefficient (Wildman–Crippen LogP) is 5.28. The molecule has 3 aromatic carbocycles. The molecule has 3 aromatic rings. The second-order valence-corrected chi connectivity index (χ2v) is 10.1. The number of hydrogen-bond acceptors (Lipinski definition) is 6. The number of fused-ring (bicyclic) bond motifs is 4. The molecule has 0 fully saturated rings. The van der Waals surface area contributed by atoms with Crippen LogP contribution in [0.25, 0.3) is 10.8 Å². The van der Waals surface area contributed by atoms with Crippen LogP contribution in [-0.4, -0.2) is 61.3 Å². The number of nitrogens with zero attached hydrogens (tertiary/aromatic N) is 3. The fourth-order valence-electron chi connectivity index (χ4n) is 5.85.